The summed E-state index contributed by atoms with van der Waals surface area (Å²) in [5, 5.41) is 22.9. The largest absolute Gasteiger partial charge is 0.481 e. The second kappa shape index (κ2) is 15.7. The van der Waals surface area contributed by atoms with Gasteiger partial charge in [0.05, 0.1) is 12.8 Å². The van der Waals surface area contributed by atoms with Crippen molar-refractivity contribution in [1.82, 2.24) is 0 Å². The van der Waals surface area contributed by atoms with E-state index in [1.165, 1.54) is 23.5 Å². The van der Waals surface area contributed by atoms with Crippen LogP contribution in [0, 0.1) is 0 Å². The number of para-hydroxylation sites is 2. The minimum Gasteiger partial charge on any atom is -0.481 e. The number of hydrogen-bond donors (Lipinski definition) is 4. The number of hydrogen-bond acceptors (Lipinski definition) is 6. The SMILES string of the molecule is O=C(O)CCSC(=S)Nc1ccccc1.O=C(O)CCSC(=S)Nc1ccccc1. The summed E-state index contributed by atoms with van der Waals surface area (Å²) in [4.78, 5) is 20.5. The Morgan fingerprint density at radius 1 is 0.700 bits per heavy atom. The zero-order chi connectivity index (χ0) is 22.2. The zero-order valence-electron chi connectivity index (χ0n) is 15.9. The highest BCUT2D eigenvalue weighted by Gasteiger charge is 2.02. The summed E-state index contributed by atoms with van der Waals surface area (Å²) >= 11 is 12.8. The van der Waals surface area contributed by atoms with E-state index in [0.717, 1.165) is 11.4 Å². The molecule has 0 aromatic heterocycles. The molecular formula is C20H22N2O4S4. The molecule has 2 aromatic rings. The highest BCUT2D eigenvalue weighted by molar-refractivity contribution is 8.23. The van der Waals surface area contributed by atoms with Crippen LogP contribution in [0.2, 0.25) is 0 Å². The molecular weight excluding hydrogens is 460 g/mol. The fraction of sp³-hybridized carbons (Fsp3) is 0.200. The van der Waals surface area contributed by atoms with E-state index in [9.17, 15) is 9.59 Å². The van der Waals surface area contributed by atoms with E-state index in [1.54, 1.807) is 0 Å². The standard InChI is InChI=1S/2C10H11NO2S2/c2*12-9(13)6-7-15-10(14)11-8-4-2-1-3-5-8/h2*1-5H,6-7H2,(H,11,14)(H,12,13). The number of carbonyl (C=O) groups is 2. The molecule has 0 fully saturated rings. The van der Waals surface area contributed by atoms with Crippen LogP contribution in [0.25, 0.3) is 0 Å². The molecule has 2 aromatic carbocycles. The molecule has 0 radical (unpaired) electrons. The van der Waals surface area contributed by atoms with Crippen LogP contribution in [-0.2, 0) is 9.59 Å². The first-order chi connectivity index (χ1) is 14.4. The average molecular weight is 483 g/mol. The summed E-state index contributed by atoms with van der Waals surface area (Å²) in [6.07, 6.45) is 0.253. The van der Waals surface area contributed by atoms with Crippen LogP contribution in [0.5, 0.6) is 0 Å². The van der Waals surface area contributed by atoms with Gasteiger partial charge in [0.25, 0.3) is 0 Å². The normalized spacial score (nSPS) is 9.60. The maximum Gasteiger partial charge on any atom is 0.304 e. The Morgan fingerprint density at radius 3 is 1.33 bits per heavy atom. The molecule has 0 saturated carbocycles. The summed E-state index contributed by atoms with van der Waals surface area (Å²) in [6.45, 7) is 0. The number of benzene rings is 2. The average Bonchev–Trinajstić information content (AvgIpc) is 2.69. The zero-order valence-corrected chi connectivity index (χ0v) is 19.2. The van der Waals surface area contributed by atoms with E-state index in [0.29, 0.717) is 20.1 Å². The van der Waals surface area contributed by atoms with Crippen LogP contribution in [0.15, 0.2) is 60.7 Å². The van der Waals surface area contributed by atoms with Crippen LogP contribution in [0.1, 0.15) is 12.8 Å². The van der Waals surface area contributed by atoms with Crippen LogP contribution < -0.4 is 10.6 Å². The summed E-state index contributed by atoms with van der Waals surface area (Å²) in [5.41, 5.74) is 1.84. The van der Waals surface area contributed by atoms with Crippen LogP contribution in [-0.4, -0.2) is 42.3 Å². The van der Waals surface area contributed by atoms with E-state index in [2.05, 4.69) is 10.6 Å². The number of rotatable bonds is 8. The number of thioether (sulfide) groups is 2. The molecule has 0 aliphatic carbocycles. The number of nitrogens with one attached hydrogen (secondary N) is 2. The van der Waals surface area contributed by atoms with E-state index in [4.69, 9.17) is 34.6 Å². The molecule has 0 spiro atoms. The second-order valence-corrected chi connectivity index (χ2v) is 9.09. The van der Waals surface area contributed by atoms with Gasteiger partial charge in [-0.2, -0.15) is 0 Å². The van der Waals surface area contributed by atoms with E-state index < -0.39 is 11.9 Å². The lowest BCUT2D eigenvalue weighted by Gasteiger charge is -2.05. The molecule has 6 nitrogen and oxygen atoms in total. The van der Waals surface area contributed by atoms with Crippen molar-refractivity contribution in [3.05, 3.63) is 60.7 Å². The number of anilines is 2. The lowest BCUT2D eigenvalue weighted by Crippen LogP contribution is -2.06. The van der Waals surface area contributed by atoms with Crippen LogP contribution in [0.4, 0.5) is 11.4 Å². The molecule has 0 bridgehead atoms. The smallest absolute Gasteiger partial charge is 0.304 e. The number of aliphatic carboxylic acids is 2. The van der Waals surface area contributed by atoms with Gasteiger partial charge in [0.15, 0.2) is 0 Å². The predicted molar refractivity (Wildman–Crippen MR) is 135 cm³/mol. The molecule has 0 saturated heterocycles. The topological polar surface area (TPSA) is 98.7 Å². The van der Waals surface area contributed by atoms with Gasteiger partial charge in [0.1, 0.15) is 8.64 Å². The predicted octanol–water partition coefficient (Wildman–Crippen LogP) is 5.18. The van der Waals surface area contributed by atoms with Crippen molar-refractivity contribution >= 4 is 79.9 Å². The van der Waals surface area contributed by atoms with E-state index in [-0.39, 0.29) is 12.8 Å². The van der Waals surface area contributed by atoms with Gasteiger partial charge < -0.3 is 20.8 Å². The van der Waals surface area contributed by atoms with Crippen molar-refractivity contribution in [3.63, 3.8) is 0 Å². The summed E-state index contributed by atoms with van der Waals surface area (Å²) < 4.78 is 1.20. The first-order valence-electron chi connectivity index (χ1n) is 8.78. The van der Waals surface area contributed by atoms with E-state index in [1.807, 2.05) is 60.7 Å². The van der Waals surface area contributed by atoms with Gasteiger partial charge in [0.2, 0.25) is 0 Å². The number of thiocarbonyl (C=S) groups is 2. The lowest BCUT2D eigenvalue weighted by molar-refractivity contribution is -0.137. The molecule has 0 heterocycles. The van der Waals surface area contributed by atoms with Crippen molar-refractivity contribution in [3.8, 4) is 0 Å². The number of carboxylic acids is 2. The van der Waals surface area contributed by atoms with E-state index >= 15 is 0 Å². The van der Waals surface area contributed by atoms with Crippen molar-refractivity contribution in [2.24, 2.45) is 0 Å². The van der Waals surface area contributed by atoms with Crippen molar-refractivity contribution in [2.45, 2.75) is 12.8 Å². The van der Waals surface area contributed by atoms with Crippen molar-refractivity contribution in [1.29, 1.82) is 0 Å². The molecule has 0 unspecified atom stereocenters. The highest BCUT2D eigenvalue weighted by atomic mass is 32.2. The molecule has 10 heteroatoms. The maximum atomic E-state index is 10.3. The van der Waals surface area contributed by atoms with Gasteiger partial charge in [-0.3, -0.25) is 9.59 Å². The summed E-state index contributed by atoms with van der Waals surface area (Å²) in [7, 11) is 0. The van der Waals surface area contributed by atoms with Crippen molar-refractivity contribution < 1.29 is 19.8 Å². The summed E-state index contributed by atoms with van der Waals surface area (Å²) in [6, 6.07) is 19.1. The fourth-order valence-corrected chi connectivity index (χ4v) is 3.85. The molecule has 2 rings (SSSR count). The molecule has 0 aliphatic heterocycles. The van der Waals surface area contributed by atoms with Gasteiger partial charge in [0, 0.05) is 22.9 Å². The fourth-order valence-electron chi connectivity index (χ4n) is 1.81. The Labute approximate surface area is 194 Å². The first kappa shape index (κ1) is 25.9. The third-order valence-electron chi connectivity index (χ3n) is 3.14. The highest BCUT2D eigenvalue weighted by Crippen LogP contribution is 2.13. The van der Waals surface area contributed by atoms with Gasteiger partial charge >= 0.3 is 11.9 Å². The van der Waals surface area contributed by atoms with Crippen LogP contribution >= 0.6 is 48.0 Å². The third kappa shape index (κ3) is 13.9. The van der Waals surface area contributed by atoms with Gasteiger partial charge in [-0.25, -0.2) is 0 Å². The van der Waals surface area contributed by atoms with Gasteiger partial charge in [-0.15, -0.1) is 0 Å². The Bertz CT molecular complexity index is 751. The van der Waals surface area contributed by atoms with Gasteiger partial charge in [-0.1, -0.05) is 84.4 Å². The molecule has 30 heavy (non-hydrogen) atoms. The summed E-state index contributed by atoms with van der Waals surface area (Å²) in [5.74, 6) is -0.614. The molecule has 160 valence electrons. The quantitative estimate of drug-likeness (QED) is 0.377. The van der Waals surface area contributed by atoms with Crippen molar-refractivity contribution in [2.75, 3.05) is 22.1 Å². The lowest BCUT2D eigenvalue weighted by atomic mass is 10.3. The van der Waals surface area contributed by atoms with Gasteiger partial charge in [-0.05, 0) is 24.3 Å². The van der Waals surface area contributed by atoms with Crippen LogP contribution in [0.3, 0.4) is 0 Å². The Hall–Kier alpha value is -2.14. The molecule has 0 atom stereocenters. The number of carboxylic acid groups (broad SMARTS) is 2. The Morgan fingerprint density at radius 2 is 1.03 bits per heavy atom. The monoisotopic (exact) mass is 482 g/mol. The Balaban J connectivity index is 0.000000300. The molecule has 0 amide bonds. The maximum absolute atomic E-state index is 10.3. The minimum atomic E-state index is -0.801. The second-order valence-electron chi connectivity index (χ2n) is 5.54. The third-order valence-corrected chi connectivity index (χ3v) is 5.59. The molecule has 4 N–H and O–H groups in total. The minimum absolute atomic E-state index is 0.126. The first-order valence-corrected chi connectivity index (χ1v) is 11.6. The molecule has 0 aliphatic rings. The Kier molecular flexibility index (Phi) is 13.5.